The predicted molar refractivity (Wildman–Crippen MR) is 93.8 cm³/mol. The number of allylic oxidation sites excluding steroid dienone is 3. The molecule has 4 heteroatoms. The Morgan fingerprint density at radius 1 is 1.39 bits per heavy atom. The molecule has 124 valence electrons. The summed E-state index contributed by atoms with van der Waals surface area (Å²) in [5.41, 5.74) is 0.741. The summed E-state index contributed by atoms with van der Waals surface area (Å²) in [6.07, 6.45) is 6.57. The molecule has 0 aromatic heterocycles. The number of hydrogen-bond acceptors (Lipinski definition) is 3. The van der Waals surface area contributed by atoms with E-state index in [9.17, 15) is 4.79 Å². The number of hydrogen-bond donors (Lipinski definition) is 0. The van der Waals surface area contributed by atoms with Crippen LogP contribution in [0.15, 0.2) is 53.8 Å². The minimum absolute atomic E-state index is 0.107. The van der Waals surface area contributed by atoms with E-state index >= 15 is 0 Å². The van der Waals surface area contributed by atoms with Gasteiger partial charge >= 0.3 is 145 Å². The molecule has 0 N–H and O–H groups in total. The van der Waals surface area contributed by atoms with Crippen molar-refractivity contribution in [2.24, 2.45) is 0 Å². The van der Waals surface area contributed by atoms with Gasteiger partial charge in [-0.05, 0) is 0 Å². The second-order valence-electron chi connectivity index (χ2n) is 5.30. The molecule has 0 bridgehead atoms. The van der Waals surface area contributed by atoms with Gasteiger partial charge in [0, 0.05) is 0 Å². The molecular formula is C19H24O3Se. The molecule has 1 aliphatic heterocycles. The molecule has 2 rings (SSSR count). The van der Waals surface area contributed by atoms with E-state index in [-0.39, 0.29) is 12.1 Å². The molecule has 0 fully saturated rings. The Balaban J connectivity index is 1.94. The van der Waals surface area contributed by atoms with Gasteiger partial charge in [0.15, 0.2) is 0 Å². The van der Waals surface area contributed by atoms with Gasteiger partial charge in [0.2, 0.25) is 0 Å². The molecule has 0 aliphatic carbocycles. The van der Waals surface area contributed by atoms with Crippen LogP contribution in [0.5, 0.6) is 0 Å². The summed E-state index contributed by atoms with van der Waals surface area (Å²) >= 11 is 0.366. The van der Waals surface area contributed by atoms with Crippen molar-refractivity contribution in [1.29, 1.82) is 0 Å². The zero-order chi connectivity index (χ0) is 16.5. The fourth-order valence-electron chi connectivity index (χ4n) is 2.46. The Labute approximate surface area is 144 Å². The molecule has 3 nitrogen and oxygen atoms in total. The van der Waals surface area contributed by atoms with Crippen LogP contribution in [-0.2, 0) is 14.3 Å². The maximum atomic E-state index is 12.1. The van der Waals surface area contributed by atoms with Crippen molar-refractivity contribution in [2.75, 3.05) is 6.61 Å². The quantitative estimate of drug-likeness (QED) is 0.395. The monoisotopic (exact) mass is 380 g/mol. The Morgan fingerprint density at radius 3 is 2.87 bits per heavy atom. The van der Waals surface area contributed by atoms with Crippen molar-refractivity contribution in [3.05, 3.63) is 53.8 Å². The Bertz CT molecular complexity index is 563. The number of ether oxygens (including phenoxy) is 2. The average molecular weight is 379 g/mol. The third kappa shape index (κ3) is 5.56. The first kappa shape index (κ1) is 17.8. The van der Waals surface area contributed by atoms with Crippen LogP contribution in [-0.4, -0.2) is 33.6 Å². The van der Waals surface area contributed by atoms with Gasteiger partial charge in [-0.3, -0.25) is 0 Å². The molecule has 0 saturated carbocycles. The molecule has 23 heavy (non-hydrogen) atoms. The predicted octanol–water partition coefficient (Wildman–Crippen LogP) is 3.40. The normalized spacial score (nSPS) is 17.6. The summed E-state index contributed by atoms with van der Waals surface area (Å²) in [4.78, 5) is 12.1. The van der Waals surface area contributed by atoms with E-state index in [1.54, 1.807) is 0 Å². The molecule has 1 heterocycles. The molecule has 1 aromatic carbocycles. The fraction of sp³-hybridized carbons (Fsp3) is 0.421. The zero-order valence-electron chi connectivity index (χ0n) is 13.8. The second-order valence-corrected chi connectivity index (χ2v) is 7.59. The van der Waals surface area contributed by atoms with E-state index in [0.717, 1.165) is 29.5 Å². The number of carbonyl (C=O) groups is 1. The molecule has 1 aliphatic rings. The van der Waals surface area contributed by atoms with Crippen LogP contribution < -0.4 is 4.46 Å². The van der Waals surface area contributed by atoms with Crippen molar-refractivity contribution in [1.82, 2.24) is 0 Å². The summed E-state index contributed by atoms with van der Waals surface area (Å²) in [5, 5.41) is 0.979. The molecular weight excluding hydrogens is 355 g/mol. The van der Waals surface area contributed by atoms with Crippen LogP contribution in [0.25, 0.3) is 0 Å². The zero-order valence-corrected chi connectivity index (χ0v) is 15.5. The summed E-state index contributed by atoms with van der Waals surface area (Å²) in [6.45, 7) is 4.24. The van der Waals surface area contributed by atoms with E-state index in [4.69, 9.17) is 9.47 Å². The van der Waals surface area contributed by atoms with Gasteiger partial charge in [-0.25, -0.2) is 0 Å². The molecule has 1 atom stereocenters. The average Bonchev–Trinajstić information content (AvgIpc) is 2.98. The summed E-state index contributed by atoms with van der Waals surface area (Å²) < 4.78 is 12.6. The Kier molecular flexibility index (Phi) is 7.44. The van der Waals surface area contributed by atoms with E-state index in [0.29, 0.717) is 28.0 Å². The second kappa shape index (κ2) is 9.59. The maximum absolute atomic E-state index is 12.1. The number of benzene rings is 1. The first-order valence-corrected chi connectivity index (χ1v) is 10.2. The molecule has 0 radical (unpaired) electrons. The van der Waals surface area contributed by atoms with Gasteiger partial charge in [-0.1, -0.05) is 0 Å². The molecule has 0 spiro atoms. The van der Waals surface area contributed by atoms with Gasteiger partial charge < -0.3 is 0 Å². The van der Waals surface area contributed by atoms with Gasteiger partial charge in [0.1, 0.15) is 0 Å². The summed E-state index contributed by atoms with van der Waals surface area (Å²) in [7, 11) is 0. The van der Waals surface area contributed by atoms with Crippen LogP contribution >= 0.6 is 0 Å². The first-order valence-electron chi connectivity index (χ1n) is 8.09. The third-order valence-electron chi connectivity index (χ3n) is 3.55. The molecule has 1 unspecified atom stereocenters. The van der Waals surface area contributed by atoms with Gasteiger partial charge in [-0.2, -0.15) is 0 Å². The van der Waals surface area contributed by atoms with Crippen molar-refractivity contribution in [3.8, 4) is 0 Å². The number of carbonyl (C=O) groups excluding carboxylic acids is 1. The van der Waals surface area contributed by atoms with Gasteiger partial charge in [0.25, 0.3) is 0 Å². The van der Waals surface area contributed by atoms with Crippen molar-refractivity contribution < 1.29 is 14.3 Å². The summed E-state index contributed by atoms with van der Waals surface area (Å²) in [6, 6.07) is 10.5. The fourth-order valence-corrected chi connectivity index (χ4v) is 4.38. The molecule has 1 aromatic rings. The number of esters is 1. The van der Waals surface area contributed by atoms with E-state index < -0.39 is 0 Å². The van der Waals surface area contributed by atoms with Gasteiger partial charge in [-0.15, -0.1) is 0 Å². The SMILES string of the molecule is C/C=C/CCC1=C(C(=O)OCC)CC(C[Se]c2ccccc2)O1. The van der Waals surface area contributed by atoms with Gasteiger partial charge in [0.05, 0.1) is 0 Å². The van der Waals surface area contributed by atoms with E-state index in [2.05, 4.69) is 30.3 Å². The van der Waals surface area contributed by atoms with Crippen LogP contribution in [0, 0.1) is 0 Å². The number of rotatable bonds is 8. The summed E-state index contributed by atoms with van der Waals surface area (Å²) in [5.74, 6) is 0.619. The third-order valence-corrected chi connectivity index (χ3v) is 5.95. The van der Waals surface area contributed by atoms with Crippen LogP contribution in [0.4, 0.5) is 0 Å². The molecule has 0 amide bonds. The van der Waals surface area contributed by atoms with Crippen molar-refractivity contribution in [3.63, 3.8) is 0 Å². The van der Waals surface area contributed by atoms with Crippen molar-refractivity contribution in [2.45, 2.75) is 44.5 Å². The van der Waals surface area contributed by atoms with E-state index in [1.807, 2.05) is 26.0 Å². The van der Waals surface area contributed by atoms with Crippen molar-refractivity contribution >= 4 is 25.4 Å². The van der Waals surface area contributed by atoms with Crippen LogP contribution in [0.1, 0.15) is 33.1 Å². The standard InChI is InChI=1S/C19H24O3Se/c1-3-5-7-12-18-17(19(20)21-4-2)13-15(22-18)14-23-16-10-8-6-9-11-16/h3,5-6,8-11,15H,4,7,12-14H2,1-2H3/b5-3+. The first-order chi connectivity index (χ1) is 11.2. The molecule has 0 saturated heterocycles. The topological polar surface area (TPSA) is 35.5 Å². The Hall–Kier alpha value is -1.51. The van der Waals surface area contributed by atoms with Crippen LogP contribution in [0.3, 0.4) is 0 Å². The minimum atomic E-state index is -0.210. The van der Waals surface area contributed by atoms with Crippen LogP contribution in [0.2, 0.25) is 5.32 Å². The Morgan fingerprint density at radius 2 is 2.17 bits per heavy atom. The van der Waals surface area contributed by atoms with E-state index in [1.165, 1.54) is 4.46 Å².